The summed E-state index contributed by atoms with van der Waals surface area (Å²) in [4.78, 5) is 11.2. The van der Waals surface area contributed by atoms with Crippen LogP contribution in [0.25, 0.3) is 0 Å². The molecule has 0 aromatic carbocycles. The average molecular weight is 208 g/mol. The minimum Gasteiger partial charge on any atom is -0.464 e. The summed E-state index contributed by atoms with van der Waals surface area (Å²) in [7, 11) is 3.39. The smallest absolute Gasteiger partial charge is 0.311 e. The number of hydrogen-bond donors (Lipinski definition) is 0. The van der Waals surface area contributed by atoms with E-state index in [1.807, 2.05) is 27.0 Å². The Labute approximate surface area is 82.2 Å². The minimum atomic E-state index is -0.371. The van der Waals surface area contributed by atoms with Gasteiger partial charge in [-0.3, -0.25) is 4.79 Å². The van der Waals surface area contributed by atoms with Gasteiger partial charge in [0.05, 0.1) is 5.41 Å². The zero-order valence-electron chi connectivity index (χ0n) is 8.05. The van der Waals surface area contributed by atoms with Gasteiger partial charge in [0.1, 0.15) is 6.61 Å². The van der Waals surface area contributed by atoms with Gasteiger partial charge in [-0.25, -0.2) is 0 Å². The lowest BCUT2D eigenvalue weighted by atomic mass is 9.97. The fourth-order valence-electron chi connectivity index (χ4n) is 0.468. The third-order valence-electron chi connectivity index (χ3n) is 1.13. The highest BCUT2D eigenvalue weighted by Crippen LogP contribution is 2.18. The summed E-state index contributed by atoms with van der Waals surface area (Å²) in [5.41, 5.74) is -0.371. The Kier molecular flexibility index (Phi) is 5.84. The summed E-state index contributed by atoms with van der Waals surface area (Å²) < 4.78 is 5.04. The van der Waals surface area contributed by atoms with Crippen molar-refractivity contribution < 1.29 is 9.53 Å². The number of carbonyl (C=O) groups is 1. The van der Waals surface area contributed by atoms with Crippen LogP contribution in [0.5, 0.6) is 0 Å². The molecule has 4 heteroatoms. The second-order valence-corrected chi connectivity index (χ2v) is 6.06. The van der Waals surface area contributed by atoms with Crippen LogP contribution in [0.2, 0.25) is 0 Å². The molecule has 0 atom stereocenters. The molecular weight excluding hydrogens is 192 g/mol. The van der Waals surface area contributed by atoms with Crippen molar-refractivity contribution >= 4 is 27.6 Å². The molecule has 0 saturated carbocycles. The molecule has 0 saturated heterocycles. The maximum Gasteiger partial charge on any atom is 0.311 e. The van der Waals surface area contributed by atoms with Crippen molar-refractivity contribution in [2.75, 3.05) is 18.6 Å². The second-order valence-electron chi connectivity index (χ2n) is 3.37. The van der Waals surface area contributed by atoms with Crippen LogP contribution in [-0.4, -0.2) is 24.6 Å². The molecule has 0 aromatic heterocycles. The molecule has 0 heterocycles. The van der Waals surface area contributed by atoms with Crippen molar-refractivity contribution in [2.45, 2.75) is 20.8 Å². The maximum atomic E-state index is 11.2. The number of carbonyl (C=O) groups excluding carboxylic acids is 1. The molecule has 0 amide bonds. The second kappa shape index (κ2) is 5.75. The zero-order chi connectivity index (χ0) is 9.61. The molecule has 0 aliphatic carbocycles. The monoisotopic (exact) mass is 208 g/mol. The van der Waals surface area contributed by atoms with Gasteiger partial charge in [0, 0.05) is 5.75 Å². The summed E-state index contributed by atoms with van der Waals surface area (Å²) in [6, 6.07) is 0. The van der Waals surface area contributed by atoms with E-state index >= 15 is 0 Å². The van der Waals surface area contributed by atoms with E-state index in [4.69, 9.17) is 4.74 Å². The summed E-state index contributed by atoms with van der Waals surface area (Å²) >= 11 is 0. The van der Waals surface area contributed by atoms with Gasteiger partial charge in [0.25, 0.3) is 0 Å². The molecule has 0 spiro atoms. The molecule has 0 bridgehead atoms. The van der Waals surface area contributed by atoms with Gasteiger partial charge >= 0.3 is 5.97 Å². The summed E-state index contributed by atoms with van der Waals surface area (Å²) in [6.07, 6.45) is 2.01. The average Bonchev–Trinajstić information content (AvgIpc) is 1.96. The van der Waals surface area contributed by atoms with E-state index in [0.29, 0.717) is 6.61 Å². The van der Waals surface area contributed by atoms with Crippen LogP contribution in [0.1, 0.15) is 20.8 Å². The van der Waals surface area contributed by atoms with Gasteiger partial charge in [-0.2, -0.15) is 0 Å². The fraction of sp³-hybridized carbons (Fsp3) is 0.875. The Bertz CT molecular complexity index is 140. The van der Waals surface area contributed by atoms with Crippen LogP contribution in [-0.2, 0) is 9.53 Å². The van der Waals surface area contributed by atoms with E-state index in [1.165, 1.54) is 0 Å². The topological polar surface area (TPSA) is 26.3 Å². The zero-order valence-corrected chi connectivity index (χ0v) is 9.68. The molecule has 0 radical (unpaired) electrons. The van der Waals surface area contributed by atoms with Crippen molar-refractivity contribution in [3.63, 3.8) is 0 Å². The molecule has 0 aliphatic heterocycles. The molecule has 0 aromatic rings. The standard InChI is InChI=1S/C8H16O2S2/c1-8(2,3)7(9)10-5-6-12-11-4/h5-6H2,1-4H3. The fourth-order valence-corrected chi connectivity index (χ4v) is 1.49. The predicted octanol–water partition coefficient (Wildman–Crippen LogP) is 2.59. The highest BCUT2D eigenvalue weighted by Gasteiger charge is 2.22. The molecular formula is C8H16O2S2. The Morgan fingerprint density at radius 1 is 1.42 bits per heavy atom. The Morgan fingerprint density at radius 2 is 2.00 bits per heavy atom. The van der Waals surface area contributed by atoms with Gasteiger partial charge in [-0.15, -0.1) is 0 Å². The Balaban J connectivity index is 3.45. The normalized spacial score (nSPS) is 11.3. The lowest BCUT2D eigenvalue weighted by Crippen LogP contribution is -2.23. The van der Waals surface area contributed by atoms with E-state index in [2.05, 4.69) is 0 Å². The molecule has 12 heavy (non-hydrogen) atoms. The van der Waals surface area contributed by atoms with Crippen molar-refractivity contribution in [1.82, 2.24) is 0 Å². The van der Waals surface area contributed by atoms with Crippen LogP contribution in [0.3, 0.4) is 0 Å². The third-order valence-corrected chi connectivity index (χ3v) is 2.91. The van der Waals surface area contributed by atoms with Crippen molar-refractivity contribution in [2.24, 2.45) is 5.41 Å². The molecule has 0 unspecified atom stereocenters. The lowest BCUT2D eigenvalue weighted by molar-refractivity contribution is -0.152. The van der Waals surface area contributed by atoms with E-state index in [-0.39, 0.29) is 11.4 Å². The van der Waals surface area contributed by atoms with Gasteiger partial charge in [-0.1, -0.05) is 21.6 Å². The van der Waals surface area contributed by atoms with Crippen molar-refractivity contribution in [3.8, 4) is 0 Å². The van der Waals surface area contributed by atoms with Crippen LogP contribution < -0.4 is 0 Å². The molecule has 2 nitrogen and oxygen atoms in total. The van der Waals surface area contributed by atoms with Gasteiger partial charge in [-0.05, 0) is 27.0 Å². The van der Waals surface area contributed by atoms with E-state index in [1.54, 1.807) is 21.6 Å². The van der Waals surface area contributed by atoms with Crippen LogP contribution >= 0.6 is 21.6 Å². The first-order chi connectivity index (χ1) is 5.48. The maximum absolute atomic E-state index is 11.2. The minimum absolute atomic E-state index is 0.121. The molecule has 0 aliphatic rings. The molecule has 0 rings (SSSR count). The van der Waals surface area contributed by atoms with Gasteiger partial charge in [0.15, 0.2) is 0 Å². The van der Waals surface area contributed by atoms with Crippen LogP contribution in [0.4, 0.5) is 0 Å². The summed E-state index contributed by atoms with van der Waals surface area (Å²) in [5.74, 6) is 0.743. The first kappa shape index (κ1) is 12.2. The van der Waals surface area contributed by atoms with Crippen LogP contribution in [0, 0.1) is 5.41 Å². The number of rotatable bonds is 4. The first-order valence-corrected chi connectivity index (χ1v) is 6.54. The SMILES string of the molecule is CSSCCOC(=O)C(C)(C)C. The summed E-state index contributed by atoms with van der Waals surface area (Å²) in [5, 5.41) is 0. The number of esters is 1. The van der Waals surface area contributed by atoms with Crippen molar-refractivity contribution in [1.29, 1.82) is 0 Å². The van der Waals surface area contributed by atoms with E-state index < -0.39 is 0 Å². The van der Waals surface area contributed by atoms with Gasteiger partial charge in [0.2, 0.25) is 0 Å². The van der Waals surface area contributed by atoms with Crippen LogP contribution in [0.15, 0.2) is 0 Å². The quantitative estimate of drug-likeness (QED) is 0.403. The Hall–Kier alpha value is 0.170. The third kappa shape index (κ3) is 5.77. The predicted molar refractivity (Wildman–Crippen MR) is 56.4 cm³/mol. The Morgan fingerprint density at radius 3 is 2.42 bits per heavy atom. The number of hydrogen-bond acceptors (Lipinski definition) is 4. The first-order valence-electron chi connectivity index (χ1n) is 3.81. The summed E-state index contributed by atoms with van der Waals surface area (Å²) in [6.45, 7) is 6.09. The molecule has 72 valence electrons. The highest BCUT2D eigenvalue weighted by atomic mass is 33.1. The van der Waals surface area contributed by atoms with E-state index in [0.717, 1.165) is 5.75 Å². The molecule has 0 fully saturated rings. The van der Waals surface area contributed by atoms with Gasteiger partial charge < -0.3 is 4.74 Å². The number of ether oxygens (including phenoxy) is 1. The lowest BCUT2D eigenvalue weighted by Gasteiger charge is -2.15. The molecule has 0 N–H and O–H groups in total. The van der Waals surface area contributed by atoms with Crippen molar-refractivity contribution in [3.05, 3.63) is 0 Å². The highest BCUT2D eigenvalue weighted by molar-refractivity contribution is 8.76. The van der Waals surface area contributed by atoms with E-state index in [9.17, 15) is 4.79 Å². The largest absolute Gasteiger partial charge is 0.464 e.